The molecule has 0 atom stereocenters. The van der Waals surface area contributed by atoms with Gasteiger partial charge in [0.25, 0.3) is 5.91 Å². The minimum Gasteiger partial charge on any atom is -0.489 e. The fourth-order valence-corrected chi connectivity index (χ4v) is 4.55. The number of thioether (sulfide) groups is 1. The van der Waals surface area contributed by atoms with Crippen LogP contribution in [0, 0.1) is 0 Å². The summed E-state index contributed by atoms with van der Waals surface area (Å²) < 4.78 is 5.89. The van der Waals surface area contributed by atoms with Crippen LogP contribution >= 0.6 is 34.7 Å². The number of hydrogen-bond acceptors (Lipinski definition) is 6. The number of carbonyl (C=O) groups excluding carboxylic acids is 1. The van der Waals surface area contributed by atoms with Crippen LogP contribution < -0.4 is 4.74 Å². The van der Waals surface area contributed by atoms with Crippen LogP contribution in [0.15, 0.2) is 70.0 Å². The Labute approximate surface area is 188 Å². The molecule has 0 spiro atoms. The minimum absolute atomic E-state index is 0.0507. The largest absolute Gasteiger partial charge is 0.489 e. The Hall–Kier alpha value is -2.61. The summed E-state index contributed by atoms with van der Waals surface area (Å²) in [5.74, 6) is 0.684. The highest BCUT2D eigenvalue weighted by Crippen LogP contribution is 2.34. The fourth-order valence-electron chi connectivity index (χ4n) is 2.82. The first kappa shape index (κ1) is 20.7. The second-order valence-corrected chi connectivity index (χ2v) is 8.68. The Kier molecular flexibility index (Phi) is 6.52. The highest BCUT2D eigenvalue weighted by molar-refractivity contribution is 8.18. The summed E-state index contributed by atoms with van der Waals surface area (Å²) in [6.45, 7) is 2.93. The van der Waals surface area contributed by atoms with Gasteiger partial charge in [-0.15, -0.1) is 11.3 Å². The van der Waals surface area contributed by atoms with Crippen molar-refractivity contribution < 1.29 is 9.53 Å². The van der Waals surface area contributed by atoms with Crippen molar-refractivity contribution in [1.82, 2.24) is 9.88 Å². The van der Waals surface area contributed by atoms with Crippen LogP contribution in [0.25, 0.3) is 6.08 Å². The van der Waals surface area contributed by atoms with E-state index in [0.29, 0.717) is 33.4 Å². The predicted molar refractivity (Wildman–Crippen MR) is 124 cm³/mol. The van der Waals surface area contributed by atoms with E-state index in [9.17, 15) is 4.79 Å². The van der Waals surface area contributed by atoms with E-state index in [4.69, 9.17) is 16.3 Å². The third-order valence-electron chi connectivity index (χ3n) is 4.29. The van der Waals surface area contributed by atoms with E-state index in [1.54, 1.807) is 11.1 Å². The number of aliphatic imine (C=N–C) groups is 1. The van der Waals surface area contributed by atoms with Gasteiger partial charge in [0.05, 0.1) is 4.91 Å². The molecule has 5 nitrogen and oxygen atoms in total. The molecule has 1 aliphatic heterocycles. The summed E-state index contributed by atoms with van der Waals surface area (Å²) >= 11 is 8.73. The van der Waals surface area contributed by atoms with Crippen molar-refractivity contribution in [2.75, 3.05) is 6.54 Å². The molecule has 8 heteroatoms. The molecule has 1 saturated heterocycles. The van der Waals surface area contributed by atoms with Crippen molar-refractivity contribution >= 4 is 57.0 Å². The molecule has 30 heavy (non-hydrogen) atoms. The molecule has 1 aromatic heterocycles. The van der Waals surface area contributed by atoms with Crippen molar-refractivity contribution in [1.29, 1.82) is 0 Å². The Balaban J connectivity index is 1.50. The molecule has 1 amide bonds. The molecule has 1 fully saturated rings. The van der Waals surface area contributed by atoms with Crippen LogP contribution in [-0.4, -0.2) is 27.5 Å². The second kappa shape index (κ2) is 9.47. The zero-order valence-corrected chi connectivity index (χ0v) is 18.5. The number of carbonyl (C=O) groups is 1. The Morgan fingerprint density at radius 2 is 2.07 bits per heavy atom. The molecule has 2 heterocycles. The van der Waals surface area contributed by atoms with E-state index >= 15 is 0 Å². The number of benzene rings is 2. The van der Waals surface area contributed by atoms with Gasteiger partial charge in [0.15, 0.2) is 5.17 Å². The summed E-state index contributed by atoms with van der Waals surface area (Å²) in [5.41, 5.74) is 1.93. The van der Waals surface area contributed by atoms with Crippen LogP contribution in [0.5, 0.6) is 5.75 Å². The summed E-state index contributed by atoms with van der Waals surface area (Å²) in [5, 5.41) is 3.86. The van der Waals surface area contributed by atoms with Crippen LogP contribution in [0.2, 0.25) is 5.02 Å². The van der Waals surface area contributed by atoms with Gasteiger partial charge >= 0.3 is 0 Å². The zero-order chi connectivity index (χ0) is 20.9. The number of nitrogens with zero attached hydrogens (tertiary/aromatic N) is 3. The number of amidine groups is 1. The number of ether oxygens (including phenoxy) is 1. The van der Waals surface area contributed by atoms with Gasteiger partial charge in [-0.1, -0.05) is 35.9 Å². The molecule has 152 valence electrons. The summed E-state index contributed by atoms with van der Waals surface area (Å²) in [6, 6.07) is 15.2. The van der Waals surface area contributed by atoms with Gasteiger partial charge < -0.3 is 4.74 Å². The number of likely N-dealkylation sites (N-methyl/N-ethyl adjacent to an activating group) is 1. The van der Waals surface area contributed by atoms with E-state index < -0.39 is 0 Å². The first-order chi connectivity index (χ1) is 14.6. The highest BCUT2D eigenvalue weighted by Gasteiger charge is 2.32. The molecule has 0 saturated carbocycles. The minimum atomic E-state index is -0.0507. The molecule has 4 rings (SSSR count). The molecule has 0 radical (unpaired) electrons. The van der Waals surface area contributed by atoms with E-state index in [1.165, 1.54) is 23.1 Å². The monoisotopic (exact) mass is 455 g/mol. The van der Waals surface area contributed by atoms with Gasteiger partial charge in [0.2, 0.25) is 5.13 Å². The van der Waals surface area contributed by atoms with Gasteiger partial charge in [0.1, 0.15) is 12.4 Å². The third-order valence-corrected chi connectivity index (χ3v) is 6.21. The maximum atomic E-state index is 12.8. The molecular weight excluding hydrogens is 438 g/mol. The zero-order valence-electron chi connectivity index (χ0n) is 16.1. The quantitative estimate of drug-likeness (QED) is 0.428. The number of hydrogen-bond donors (Lipinski definition) is 0. The van der Waals surface area contributed by atoms with E-state index in [1.807, 2.05) is 66.9 Å². The molecule has 2 aromatic carbocycles. The second-order valence-electron chi connectivity index (χ2n) is 6.36. The van der Waals surface area contributed by atoms with Crippen molar-refractivity contribution in [3.05, 3.63) is 81.2 Å². The molecule has 0 unspecified atom stereocenters. The lowest BCUT2D eigenvalue weighted by molar-refractivity contribution is -0.122. The van der Waals surface area contributed by atoms with Crippen LogP contribution in [0.1, 0.15) is 18.1 Å². The van der Waals surface area contributed by atoms with Crippen LogP contribution in [0.4, 0.5) is 5.13 Å². The van der Waals surface area contributed by atoms with Gasteiger partial charge in [-0.05, 0) is 60.2 Å². The topological polar surface area (TPSA) is 54.8 Å². The molecule has 0 bridgehead atoms. The smallest absolute Gasteiger partial charge is 0.266 e. The molecule has 3 aromatic rings. The SMILES string of the molecule is CCN1C(=O)/C(=C/c2cccc(OCc3ccc(Cl)cc3)c2)S/C1=N/c1nccs1. The maximum Gasteiger partial charge on any atom is 0.266 e. The standard InChI is InChI=1S/C22H18ClN3O2S2/c1-2-26-20(27)19(30-22(26)25-21-24-10-11-29-21)13-16-4-3-5-18(12-16)28-14-15-6-8-17(23)9-7-15/h3-13H,2,14H2,1H3/b19-13-,25-22+. The number of aromatic nitrogens is 1. The van der Waals surface area contributed by atoms with Crippen molar-refractivity contribution in [3.8, 4) is 5.75 Å². The Morgan fingerprint density at radius 1 is 1.23 bits per heavy atom. The van der Waals surface area contributed by atoms with Crippen molar-refractivity contribution in [2.45, 2.75) is 13.5 Å². The summed E-state index contributed by atoms with van der Waals surface area (Å²) in [6.07, 6.45) is 3.57. The molecular formula is C22H18ClN3O2S2. The molecule has 1 aliphatic rings. The summed E-state index contributed by atoms with van der Waals surface area (Å²) in [7, 11) is 0. The van der Waals surface area contributed by atoms with Gasteiger partial charge in [0, 0.05) is 23.1 Å². The lowest BCUT2D eigenvalue weighted by atomic mass is 10.2. The maximum absolute atomic E-state index is 12.8. The number of amides is 1. The Morgan fingerprint density at radius 3 is 2.80 bits per heavy atom. The van der Waals surface area contributed by atoms with E-state index in [2.05, 4.69) is 9.98 Å². The van der Waals surface area contributed by atoms with Gasteiger partial charge in [-0.25, -0.2) is 4.98 Å². The fraction of sp³-hybridized carbons (Fsp3) is 0.136. The summed E-state index contributed by atoms with van der Waals surface area (Å²) in [4.78, 5) is 23.8. The molecule has 0 N–H and O–H groups in total. The Bertz CT molecular complexity index is 1100. The first-order valence-corrected chi connectivity index (χ1v) is 11.4. The van der Waals surface area contributed by atoms with Crippen molar-refractivity contribution in [2.24, 2.45) is 4.99 Å². The van der Waals surface area contributed by atoms with Crippen LogP contribution in [0.3, 0.4) is 0 Å². The van der Waals surface area contributed by atoms with E-state index in [0.717, 1.165) is 16.9 Å². The highest BCUT2D eigenvalue weighted by atomic mass is 35.5. The average Bonchev–Trinajstić information content (AvgIpc) is 3.36. The van der Waals surface area contributed by atoms with Crippen molar-refractivity contribution in [3.63, 3.8) is 0 Å². The molecule has 0 aliphatic carbocycles. The number of rotatable bonds is 6. The lowest BCUT2D eigenvalue weighted by Gasteiger charge is -2.11. The normalized spacial score (nSPS) is 16.6. The predicted octanol–water partition coefficient (Wildman–Crippen LogP) is 6.00. The lowest BCUT2D eigenvalue weighted by Crippen LogP contribution is -2.28. The van der Waals surface area contributed by atoms with Gasteiger partial charge in [-0.2, -0.15) is 4.99 Å². The number of halogens is 1. The average molecular weight is 456 g/mol. The number of thiazole rings is 1. The third kappa shape index (κ3) is 4.92. The first-order valence-electron chi connectivity index (χ1n) is 9.29. The van der Waals surface area contributed by atoms with Crippen LogP contribution in [-0.2, 0) is 11.4 Å². The van der Waals surface area contributed by atoms with E-state index in [-0.39, 0.29) is 5.91 Å². The van der Waals surface area contributed by atoms with Gasteiger partial charge in [-0.3, -0.25) is 9.69 Å².